The molecule has 1 unspecified atom stereocenters. The van der Waals surface area contributed by atoms with Crippen molar-refractivity contribution in [3.8, 4) is 0 Å². The Morgan fingerprint density at radius 2 is 2.43 bits per heavy atom. The van der Waals surface area contributed by atoms with Gasteiger partial charge in [-0.25, -0.2) is 4.98 Å². The lowest BCUT2D eigenvalue weighted by Crippen LogP contribution is -2.40. The summed E-state index contributed by atoms with van der Waals surface area (Å²) in [6.07, 6.45) is 3.61. The van der Waals surface area contributed by atoms with E-state index in [1.165, 1.54) is 0 Å². The highest BCUT2D eigenvalue weighted by molar-refractivity contribution is 5.80. The van der Waals surface area contributed by atoms with Crippen molar-refractivity contribution < 1.29 is 4.79 Å². The molecular formula is C9H16N4O. The van der Waals surface area contributed by atoms with Gasteiger partial charge in [-0.1, -0.05) is 0 Å². The molecule has 0 aromatic carbocycles. The van der Waals surface area contributed by atoms with Crippen molar-refractivity contribution in [1.29, 1.82) is 0 Å². The summed E-state index contributed by atoms with van der Waals surface area (Å²) in [6.45, 7) is 2.42. The third-order valence-electron chi connectivity index (χ3n) is 2.13. The molecule has 0 fully saturated rings. The lowest BCUT2D eigenvalue weighted by atomic mass is 10.3. The van der Waals surface area contributed by atoms with E-state index < -0.39 is 0 Å². The van der Waals surface area contributed by atoms with Gasteiger partial charge in [0.05, 0.1) is 12.6 Å². The Morgan fingerprint density at radius 3 is 2.93 bits per heavy atom. The van der Waals surface area contributed by atoms with E-state index in [-0.39, 0.29) is 11.9 Å². The molecule has 0 radical (unpaired) electrons. The summed E-state index contributed by atoms with van der Waals surface area (Å²) in [5, 5.41) is 5.66. The van der Waals surface area contributed by atoms with E-state index in [0.29, 0.717) is 6.54 Å². The first-order valence-corrected chi connectivity index (χ1v) is 4.56. The summed E-state index contributed by atoms with van der Waals surface area (Å²) >= 11 is 0. The summed E-state index contributed by atoms with van der Waals surface area (Å²) in [6, 6.07) is -0.198. The van der Waals surface area contributed by atoms with Crippen molar-refractivity contribution >= 4 is 5.91 Å². The minimum absolute atomic E-state index is 0.0146. The van der Waals surface area contributed by atoms with Crippen molar-refractivity contribution in [2.75, 3.05) is 7.05 Å². The Balaban J connectivity index is 2.41. The van der Waals surface area contributed by atoms with Crippen LogP contribution in [0.4, 0.5) is 0 Å². The van der Waals surface area contributed by atoms with E-state index in [4.69, 9.17) is 0 Å². The Kier molecular flexibility index (Phi) is 3.64. The summed E-state index contributed by atoms with van der Waals surface area (Å²) in [7, 11) is 3.55. The van der Waals surface area contributed by atoms with E-state index in [2.05, 4.69) is 15.6 Å². The number of imidazole rings is 1. The van der Waals surface area contributed by atoms with E-state index in [1.54, 1.807) is 13.2 Å². The number of carbonyl (C=O) groups is 1. The Bertz CT molecular complexity index is 308. The number of hydrogen-bond acceptors (Lipinski definition) is 3. The van der Waals surface area contributed by atoms with Crippen LogP contribution in [0, 0.1) is 0 Å². The van der Waals surface area contributed by atoms with E-state index in [9.17, 15) is 4.79 Å². The summed E-state index contributed by atoms with van der Waals surface area (Å²) in [5.74, 6) is 0.903. The number of aryl methyl sites for hydroxylation is 1. The van der Waals surface area contributed by atoms with Crippen LogP contribution >= 0.6 is 0 Å². The highest BCUT2D eigenvalue weighted by Gasteiger charge is 2.10. The summed E-state index contributed by atoms with van der Waals surface area (Å²) in [4.78, 5) is 15.3. The standard InChI is InChI=1S/C9H16N4O/c1-7(9(14)10-2)12-6-8-11-4-5-13(8)3/h4-5,7,12H,6H2,1-3H3,(H,10,14). The highest BCUT2D eigenvalue weighted by atomic mass is 16.2. The Labute approximate surface area is 83.5 Å². The number of carbonyl (C=O) groups excluding carboxylic acids is 1. The zero-order valence-corrected chi connectivity index (χ0v) is 8.74. The van der Waals surface area contributed by atoms with Gasteiger partial charge in [0.1, 0.15) is 5.82 Å². The second kappa shape index (κ2) is 4.76. The van der Waals surface area contributed by atoms with Crippen LogP contribution in [0.15, 0.2) is 12.4 Å². The zero-order chi connectivity index (χ0) is 10.6. The van der Waals surface area contributed by atoms with E-state index in [1.807, 2.05) is 24.7 Å². The van der Waals surface area contributed by atoms with Crippen molar-refractivity contribution in [3.63, 3.8) is 0 Å². The normalized spacial score (nSPS) is 12.5. The average molecular weight is 196 g/mol. The smallest absolute Gasteiger partial charge is 0.236 e. The largest absolute Gasteiger partial charge is 0.358 e. The van der Waals surface area contributed by atoms with Crippen LogP contribution in [-0.2, 0) is 18.4 Å². The van der Waals surface area contributed by atoms with Gasteiger partial charge >= 0.3 is 0 Å². The quantitative estimate of drug-likeness (QED) is 0.691. The first-order chi connectivity index (χ1) is 6.65. The molecule has 1 heterocycles. The maximum atomic E-state index is 11.2. The molecule has 0 aliphatic carbocycles. The van der Waals surface area contributed by atoms with Crippen molar-refractivity contribution in [3.05, 3.63) is 18.2 Å². The zero-order valence-electron chi connectivity index (χ0n) is 8.74. The van der Waals surface area contributed by atoms with Gasteiger partial charge in [0.25, 0.3) is 0 Å². The van der Waals surface area contributed by atoms with Gasteiger partial charge in [-0.2, -0.15) is 0 Å². The van der Waals surface area contributed by atoms with Crippen LogP contribution in [0.3, 0.4) is 0 Å². The molecule has 5 heteroatoms. The van der Waals surface area contributed by atoms with Gasteiger partial charge in [0.2, 0.25) is 5.91 Å². The second-order valence-electron chi connectivity index (χ2n) is 3.17. The van der Waals surface area contributed by atoms with Gasteiger partial charge in [0.15, 0.2) is 0 Å². The number of nitrogens with zero attached hydrogens (tertiary/aromatic N) is 2. The monoisotopic (exact) mass is 196 g/mol. The SMILES string of the molecule is CNC(=O)C(C)NCc1nccn1C. The highest BCUT2D eigenvalue weighted by Crippen LogP contribution is 1.94. The number of aromatic nitrogens is 2. The van der Waals surface area contributed by atoms with Crippen molar-refractivity contribution in [1.82, 2.24) is 20.2 Å². The molecule has 14 heavy (non-hydrogen) atoms. The first-order valence-electron chi connectivity index (χ1n) is 4.56. The molecule has 2 N–H and O–H groups in total. The second-order valence-corrected chi connectivity index (χ2v) is 3.17. The Morgan fingerprint density at radius 1 is 1.71 bits per heavy atom. The number of rotatable bonds is 4. The van der Waals surface area contributed by atoms with Gasteiger partial charge in [-0.3, -0.25) is 10.1 Å². The molecule has 0 aliphatic rings. The minimum atomic E-state index is -0.198. The molecule has 5 nitrogen and oxygen atoms in total. The van der Waals surface area contributed by atoms with Gasteiger partial charge in [0, 0.05) is 26.5 Å². The van der Waals surface area contributed by atoms with Gasteiger partial charge in [-0.05, 0) is 6.92 Å². The fraction of sp³-hybridized carbons (Fsp3) is 0.556. The fourth-order valence-electron chi connectivity index (χ4n) is 1.12. The lowest BCUT2D eigenvalue weighted by Gasteiger charge is -2.11. The van der Waals surface area contributed by atoms with Crippen LogP contribution in [0.2, 0.25) is 0 Å². The van der Waals surface area contributed by atoms with E-state index >= 15 is 0 Å². The van der Waals surface area contributed by atoms with Crippen LogP contribution in [0.5, 0.6) is 0 Å². The topological polar surface area (TPSA) is 59.0 Å². The summed E-state index contributed by atoms with van der Waals surface area (Å²) < 4.78 is 1.92. The number of likely N-dealkylation sites (N-methyl/N-ethyl adjacent to an activating group) is 1. The Hall–Kier alpha value is -1.36. The van der Waals surface area contributed by atoms with Gasteiger partial charge in [-0.15, -0.1) is 0 Å². The molecule has 1 rings (SSSR count). The number of amides is 1. The third kappa shape index (κ3) is 2.56. The van der Waals surface area contributed by atoms with Crippen molar-refractivity contribution in [2.45, 2.75) is 19.5 Å². The molecule has 1 aromatic rings. The van der Waals surface area contributed by atoms with Crippen LogP contribution in [-0.4, -0.2) is 28.5 Å². The molecule has 1 aromatic heterocycles. The third-order valence-corrected chi connectivity index (χ3v) is 2.13. The number of nitrogens with one attached hydrogen (secondary N) is 2. The molecule has 0 aliphatic heterocycles. The lowest BCUT2D eigenvalue weighted by molar-refractivity contribution is -0.122. The van der Waals surface area contributed by atoms with Crippen LogP contribution < -0.4 is 10.6 Å². The predicted molar refractivity (Wildman–Crippen MR) is 53.6 cm³/mol. The average Bonchev–Trinajstić information content (AvgIpc) is 2.59. The van der Waals surface area contributed by atoms with Gasteiger partial charge < -0.3 is 9.88 Å². The molecule has 0 saturated carbocycles. The molecule has 0 saturated heterocycles. The summed E-state index contributed by atoms with van der Waals surface area (Å²) in [5.41, 5.74) is 0. The maximum absolute atomic E-state index is 11.2. The molecule has 0 bridgehead atoms. The van der Waals surface area contributed by atoms with Crippen LogP contribution in [0.25, 0.3) is 0 Å². The predicted octanol–water partition coefficient (Wildman–Crippen LogP) is -0.356. The first kappa shape index (κ1) is 10.7. The molecule has 0 spiro atoms. The fourth-order valence-corrected chi connectivity index (χ4v) is 1.12. The molecule has 1 amide bonds. The molecule has 1 atom stereocenters. The van der Waals surface area contributed by atoms with Crippen molar-refractivity contribution in [2.24, 2.45) is 7.05 Å². The van der Waals surface area contributed by atoms with Crippen LogP contribution in [0.1, 0.15) is 12.7 Å². The molecular weight excluding hydrogens is 180 g/mol. The maximum Gasteiger partial charge on any atom is 0.236 e. The minimum Gasteiger partial charge on any atom is -0.358 e. The van der Waals surface area contributed by atoms with E-state index in [0.717, 1.165) is 5.82 Å². The molecule has 78 valence electrons. The number of hydrogen-bond donors (Lipinski definition) is 2.